The van der Waals surface area contributed by atoms with E-state index in [1.165, 1.54) is 4.90 Å². The number of hydrogen-bond donors (Lipinski definition) is 4. The maximum absolute atomic E-state index is 13.7. The van der Waals surface area contributed by atoms with Gasteiger partial charge in [0.1, 0.15) is 11.9 Å². The van der Waals surface area contributed by atoms with Crippen LogP contribution in [0.4, 0.5) is 39.3 Å². The second-order valence-electron chi connectivity index (χ2n) is 12.5. The first-order valence-electron chi connectivity index (χ1n) is 16.3. The minimum Gasteiger partial charge on any atom is -0.369 e. The van der Waals surface area contributed by atoms with Crippen molar-refractivity contribution in [3.8, 4) is 0 Å². The largest absolute Gasteiger partial charge is 0.369 e. The molecule has 3 aromatic carbocycles. The van der Waals surface area contributed by atoms with Crippen LogP contribution in [0.25, 0.3) is 0 Å². The first-order valence-corrected chi connectivity index (χ1v) is 16.3. The van der Waals surface area contributed by atoms with Gasteiger partial charge in [-0.15, -0.1) is 0 Å². The van der Waals surface area contributed by atoms with E-state index in [2.05, 4.69) is 30.9 Å². The molecule has 1 unspecified atom stereocenters. The number of nitrogens with zero attached hydrogens (tertiary/aromatic N) is 6. The van der Waals surface area contributed by atoms with Crippen molar-refractivity contribution in [2.45, 2.75) is 46.0 Å². The van der Waals surface area contributed by atoms with Crippen LogP contribution >= 0.6 is 0 Å². The van der Waals surface area contributed by atoms with E-state index in [0.29, 0.717) is 40.8 Å². The van der Waals surface area contributed by atoms with Gasteiger partial charge in [0.25, 0.3) is 0 Å². The van der Waals surface area contributed by atoms with Crippen LogP contribution in [0.3, 0.4) is 0 Å². The summed E-state index contributed by atoms with van der Waals surface area (Å²) in [5.74, 6) is 0.688. The number of urea groups is 1. The molecule has 12 nitrogen and oxygen atoms in total. The molecular weight excluding hydrogens is 630 g/mol. The van der Waals surface area contributed by atoms with Gasteiger partial charge in [0.15, 0.2) is 6.23 Å². The number of anilines is 6. The monoisotopic (exact) mass is 667 g/mol. The molecule has 2 aromatic heterocycles. The van der Waals surface area contributed by atoms with Crippen molar-refractivity contribution < 1.29 is 14.7 Å². The summed E-state index contributed by atoms with van der Waals surface area (Å²) in [7, 11) is 1.69. The first-order chi connectivity index (χ1) is 24.1. The fourth-order valence-corrected chi connectivity index (χ4v) is 6.16. The molecule has 2 aliphatic rings. The third-order valence-corrected chi connectivity index (χ3v) is 8.91. The van der Waals surface area contributed by atoms with Gasteiger partial charge in [-0.25, -0.2) is 9.78 Å². The summed E-state index contributed by atoms with van der Waals surface area (Å²) in [6, 6.07) is 23.8. The Hall–Kier alpha value is -6.14. The van der Waals surface area contributed by atoms with E-state index in [1.807, 2.05) is 93.6 Å². The standard InChI is InChI=1S/C38H37N9O3/c1-22-10-13-28(18-33(22)47-21-27-19-40-37(45-34(27)46(4)38(47)50)43-29-14-11-23(2)39-20-29)42-35(48)26-12-15-30-24(3)41-32(36(49)44-31(30)17-26)16-25-8-6-5-7-9-25/h5-15,17-20,32,35,42,48H,16,21H2,1-4H3,(H,44,49)(H,40,43,45)/t32-,35?/m1/s1. The Morgan fingerprint density at radius 2 is 1.74 bits per heavy atom. The maximum atomic E-state index is 13.7. The van der Waals surface area contributed by atoms with Gasteiger partial charge in [-0.1, -0.05) is 48.5 Å². The molecule has 2 atom stereocenters. The molecule has 0 spiro atoms. The number of aryl methyl sites for hydroxylation is 2. The van der Waals surface area contributed by atoms with Crippen molar-refractivity contribution in [1.29, 1.82) is 0 Å². The summed E-state index contributed by atoms with van der Waals surface area (Å²) in [5.41, 5.74) is 8.34. The van der Waals surface area contributed by atoms with E-state index >= 15 is 0 Å². The average molecular weight is 668 g/mol. The molecule has 7 rings (SSSR count). The number of aromatic nitrogens is 3. The highest BCUT2D eigenvalue weighted by molar-refractivity contribution is 6.11. The van der Waals surface area contributed by atoms with Gasteiger partial charge in [-0.3, -0.25) is 24.6 Å². The summed E-state index contributed by atoms with van der Waals surface area (Å²) in [4.78, 5) is 48.2. The van der Waals surface area contributed by atoms with Gasteiger partial charge in [0.2, 0.25) is 11.9 Å². The SMILES string of the molecule is CC1=N[C@H](Cc2ccccc2)C(=O)Nc2cc(C(O)Nc3ccc(C)c(N4Cc5cnc(Nc6ccc(C)nc6)nc5N(C)C4=O)c3)ccc21. The van der Waals surface area contributed by atoms with Gasteiger partial charge in [0.05, 0.1) is 29.8 Å². The zero-order valence-corrected chi connectivity index (χ0v) is 28.2. The van der Waals surface area contributed by atoms with Gasteiger partial charge in [-0.2, -0.15) is 4.98 Å². The predicted octanol–water partition coefficient (Wildman–Crippen LogP) is 6.28. The van der Waals surface area contributed by atoms with E-state index in [-0.39, 0.29) is 18.5 Å². The number of benzodiazepines with no additional fused rings is 1. The number of amides is 3. The van der Waals surface area contributed by atoms with E-state index in [9.17, 15) is 14.7 Å². The predicted molar refractivity (Wildman–Crippen MR) is 195 cm³/mol. The van der Waals surface area contributed by atoms with Crippen LogP contribution in [0.1, 0.15) is 46.7 Å². The number of aliphatic imine (C=N–C) groups is 1. The molecule has 12 heteroatoms. The summed E-state index contributed by atoms with van der Waals surface area (Å²) >= 11 is 0. The van der Waals surface area contributed by atoms with Gasteiger partial charge < -0.3 is 21.1 Å². The lowest BCUT2D eigenvalue weighted by molar-refractivity contribution is -0.117. The Bertz CT molecular complexity index is 2120. The van der Waals surface area contributed by atoms with Crippen LogP contribution in [0.5, 0.6) is 0 Å². The number of benzene rings is 3. The molecule has 5 aromatic rings. The zero-order valence-electron chi connectivity index (χ0n) is 28.2. The highest BCUT2D eigenvalue weighted by Gasteiger charge is 2.32. The molecule has 3 amide bonds. The summed E-state index contributed by atoms with van der Waals surface area (Å²) in [5, 5.41) is 20.6. The number of fused-ring (bicyclic) bond motifs is 2. The summed E-state index contributed by atoms with van der Waals surface area (Å²) in [6.07, 6.45) is 2.81. The van der Waals surface area contributed by atoms with E-state index in [4.69, 9.17) is 4.99 Å². The number of pyridine rings is 1. The molecular formula is C38H37N9O3. The normalized spacial score (nSPS) is 16.1. The van der Waals surface area contributed by atoms with Gasteiger partial charge in [-0.05, 0) is 62.2 Å². The molecule has 4 N–H and O–H groups in total. The maximum Gasteiger partial charge on any atom is 0.330 e. The summed E-state index contributed by atoms with van der Waals surface area (Å²) in [6.45, 7) is 6.01. The van der Waals surface area contributed by atoms with E-state index in [0.717, 1.165) is 39.3 Å². The summed E-state index contributed by atoms with van der Waals surface area (Å²) < 4.78 is 0. The van der Waals surface area contributed by atoms with Crippen molar-refractivity contribution in [3.05, 3.63) is 125 Å². The molecule has 0 saturated carbocycles. The van der Waals surface area contributed by atoms with Crippen LogP contribution in [-0.4, -0.2) is 50.8 Å². The van der Waals surface area contributed by atoms with Crippen molar-refractivity contribution >= 4 is 52.2 Å². The lowest BCUT2D eigenvalue weighted by Gasteiger charge is -2.35. The van der Waals surface area contributed by atoms with Gasteiger partial charge in [0, 0.05) is 53.4 Å². The molecule has 0 bridgehead atoms. The second-order valence-corrected chi connectivity index (χ2v) is 12.5. The number of rotatable bonds is 8. The number of aliphatic hydroxyl groups excluding tert-OH is 1. The Morgan fingerprint density at radius 1 is 0.940 bits per heavy atom. The minimum absolute atomic E-state index is 0.200. The third-order valence-electron chi connectivity index (χ3n) is 8.91. The number of carbonyl (C=O) groups excluding carboxylic acids is 2. The molecule has 0 radical (unpaired) electrons. The Morgan fingerprint density at radius 3 is 2.52 bits per heavy atom. The van der Waals surface area contributed by atoms with Crippen LogP contribution in [0.15, 0.2) is 96.2 Å². The number of aliphatic hydroxyl groups is 1. The quantitative estimate of drug-likeness (QED) is 0.141. The number of hydrogen-bond acceptors (Lipinski definition) is 9. The van der Waals surface area contributed by atoms with E-state index in [1.54, 1.807) is 30.4 Å². The molecule has 2 aliphatic heterocycles. The smallest absolute Gasteiger partial charge is 0.330 e. The van der Waals surface area contributed by atoms with Crippen molar-refractivity contribution in [1.82, 2.24) is 15.0 Å². The van der Waals surface area contributed by atoms with Crippen LogP contribution in [0.2, 0.25) is 0 Å². The molecule has 0 saturated heterocycles. The lowest BCUT2D eigenvalue weighted by atomic mass is 10.0. The molecule has 0 fully saturated rings. The number of nitrogens with one attached hydrogen (secondary N) is 3. The molecule has 50 heavy (non-hydrogen) atoms. The number of carbonyl (C=O) groups is 2. The van der Waals surface area contributed by atoms with Crippen molar-refractivity contribution in [2.24, 2.45) is 4.99 Å². The average Bonchev–Trinajstić information content (AvgIpc) is 3.23. The fraction of sp³-hybridized carbons (Fsp3) is 0.211. The first kappa shape index (κ1) is 32.4. The Kier molecular flexibility index (Phi) is 8.69. The van der Waals surface area contributed by atoms with Crippen LogP contribution in [0, 0.1) is 13.8 Å². The Balaban J connectivity index is 1.07. The second kappa shape index (κ2) is 13.4. The van der Waals surface area contributed by atoms with Gasteiger partial charge >= 0.3 is 6.03 Å². The molecule has 252 valence electrons. The van der Waals surface area contributed by atoms with Crippen LogP contribution < -0.4 is 25.8 Å². The molecule has 4 heterocycles. The zero-order chi connectivity index (χ0) is 34.9. The topological polar surface area (TPSA) is 148 Å². The highest BCUT2D eigenvalue weighted by Crippen LogP contribution is 2.34. The van der Waals surface area contributed by atoms with Crippen molar-refractivity contribution in [3.63, 3.8) is 0 Å². The van der Waals surface area contributed by atoms with Crippen LogP contribution in [-0.2, 0) is 17.8 Å². The van der Waals surface area contributed by atoms with Crippen molar-refractivity contribution in [2.75, 3.05) is 32.8 Å². The minimum atomic E-state index is -1.10. The van der Waals surface area contributed by atoms with E-state index < -0.39 is 12.3 Å². The molecule has 0 aliphatic carbocycles. The fourth-order valence-electron chi connectivity index (χ4n) is 6.16. The lowest BCUT2D eigenvalue weighted by Crippen LogP contribution is -2.46. The highest BCUT2D eigenvalue weighted by atomic mass is 16.3. The Labute approximate surface area is 290 Å². The third kappa shape index (κ3) is 6.61.